The van der Waals surface area contributed by atoms with E-state index in [2.05, 4.69) is 0 Å². The third-order valence-electron chi connectivity index (χ3n) is 2.90. The van der Waals surface area contributed by atoms with E-state index in [0.29, 0.717) is 18.4 Å². The lowest BCUT2D eigenvalue weighted by Crippen LogP contribution is -2.10. The Labute approximate surface area is 95.1 Å². The van der Waals surface area contributed by atoms with Crippen LogP contribution in [0.5, 0.6) is 0 Å². The molecule has 1 aromatic carbocycles. The zero-order chi connectivity index (χ0) is 12.1. The molecule has 0 amide bonds. The van der Waals surface area contributed by atoms with Gasteiger partial charge in [-0.1, -0.05) is 25.1 Å². The number of hydrogen-bond donors (Lipinski definition) is 1. The van der Waals surface area contributed by atoms with Gasteiger partial charge in [-0.05, 0) is 37.3 Å². The zero-order valence-electron chi connectivity index (χ0n) is 9.61. The summed E-state index contributed by atoms with van der Waals surface area (Å²) in [4.78, 5) is 10.9. The van der Waals surface area contributed by atoms with Crippen LogP contribution >= 0.6 is 0 Å². The number of alkyl halides is 1. The number of carbonyl (C=O) groups is 1. The molecule has 1 rings (SSSR count). The first-order valence-corrected chi connectivity index (χ1v) is 5.47. The van der Waals surface area contributed by atoms with Crippen LogP contribution in [0, 0.1) is 5.92 Å². The van der Waals surface area contributed by atoms with Gasteiger partial charge < -0.3 is 5.11 Å². The molecule has 0 spiro atoms. The normalized spacial score (nSPS) is 14.4. The average molecular weight is 224 g/mol. The predicted octanol–water partition coefficient (Wildman–Crippen LogP) is 3.31. The number of rotatable bonds is 5. The molecule has 0 fully saturated rings. The molecule has 0 heterocycles. The van der Waals surface area contributed by atoms with Gasteiger partial charge in [-0.15, -0.1) is 0 Å². The summed E-state index contributed by atoms with van der Waals surface area (Å²) in [6, 6.07) is 6.89. The molecule has 0 saturated carbocycles. The number of benzene rings is 1. The molecule has 1 aromatic rings. The van der Waals surface area contributed by atoms with Crippen LogP contribution in [0.1, 0.15) is 36.2 Å². The predicted molar refractivity (Wildman–Crippen MR) is 61.5 cm³/mol. The molecule has 0 saturated heterocycles. The van der Waals surface area contributed by atoms with Gasteiger partial charge in [0.25, 0.3) is 0 Å². The van der Waals surface area contributed by atoms with Crippen molar-refractivity contribution in [2.75, 3.05) is 0 Å². The number of aromatic carboxylic acids is 1. The van der Waals surface area contributed by atoms with Crippen molar-refractivity contribution in [3.63, 3.8) is 0 Å². The first-order valence-electron chi connectivity index (χ1n) is 5.47. The van der Waals surface area contributed by atoms with Crippen molar-refractivity contribution in [2.24, 2.45) is 5.92 Å². The van der Waals surface area contributed by atoms with Crippen LogP contribution in [0.2, 0.25) is 0 Å². The molecule has 3 heteroatoms. The van der Waals surface area contributed by atoms with E-state index in [1.54, 1.807) is 18.2 Å². The third kappa shape index (κ3) is 3.33. The van der Waals surface area contributed by atoms with Gasteiger partial charge in [0.05, 0.1) is 11.7 Å². The Morgan fingerprint density at radius 3 is 2.56 bits per heavy atom. The lowest BCUT2D eigenvalue weighted by atomic mass is 9.95. The minimum atomic E-state index is -0.920. The van der Waals surface area contributed by atoms with E-state index >= 15 is 0 Å². The van der Waals surface area contributed by atoms with Crippen LogP contribution in [-0.4, -0.2) is 17.2 Å². The highest BCUT2D eigenvalue weighted by Gasteiger charge is 2.13. The summed E-state index contributed by atoms with van der Waals surface area (Å²) < 4.78 is 12.9. The summed E-state index contributed by atoms with van der Waals surface area (Å²) in [5, 5.41) is 8.97. The highest BCUT2D eigenvalue weighted by atomic mass is 19.1. The van der Waals surface area contributed by atoms with E-state index < -0.39 is 12.1 Å². The summed E-state index contributed by atoms with van der Waals surface area (Å²) in [6.45, 7) is 3.38. The van der Waals surface area contributed by atoms with Crippen molar-refractivity contribution < 1.29 is 14.3 Å². The van der Waals surface area contributed by atoms with Crippen molar-refractivity contribution in [1.82, 2.24) is 0 Å². The second kappa shape index (κ2) is 5.64. The second-order valence-electron chi connectivity index (χ2n) is 4.16. The molecule has 0 aromatic heterocycles. The molecule has 16 heavy (non-hydrogen) atoms. The second-order valence-corrected chi connectivity index (χ2v) is 4.16. The summed E-state index contributed by atoms with van der Waals surface area (Å²) in [5.74, 6) is -0.960. The van der Waals surface area contributed by atoms with E-state index in [4.69, 9.17) is 5.11 Å². The summed E-state index contributed by atoms with van der Waals surface area (Å²) in [5.41, 5.74) is 1.10. The van der Waals surface area contributed by atoms with Crippen LogP contribution in [0.15, 0.2) is 24.3 Å². The minimum absolute atomic E-state index is 0.0400. The fourth-order valence-corrected chi connectivity index (χ4v) is 1.56. The molecule has 0 aliphatic carbocycles. The molecular weight excluding hydrogens is 207 g/mol. The van der Waals surface area contributed by atoms with Gasteiger partial charge >= 0.3 is 5.97 Å². The van der Waals surface area contributed by atoms with Crippen LogP contribution in [0.25, 0.3) is 0 Å². The van der Waals surface area contributed by atoms with Crippen molar-refractivity contribution in [2.45, 2.75) is 32.9 Å². The molecule has 0 aliphatic heterocycles. The number of aryl methyl sites for hydroxylation is 1. The first-order chi connectivity index (χ1) is 7.52. The molecule has 0 aliphatic rings. The van der Waals surface area contributed by atoms with Crippen LogP contribution < -0.4 is 0 Å². The van der Waals surface area contributed by atoms with Crippen molar-refractivity contribution in [1.29, 1.82) is 0 Å². The van der Waals surface area contributed by atoms with Crippen molar-refractivity contribution in [3.05, 3.63) is 35.4 Å². The Morgan fingerprint density at radius 1 is 1.38 bits per heavy atom. The molecular formula is C13H17FO2. The minimum Gasteiger partial charge on any atom is -0.478 e. The van der Waals surface area contributed by atoms with Gasteiger partial charge in [0.15, 0.2) is 0 Å². The van der Waals surface area contributed by atoms with E-state index in [-0.39, 0.29) is 5.92 Å². The maximum absolute atomic E-state index is 12.9. The van der Waals surface area contributed by atoms with Crippen molar-refractivity contribution >= 4 is 5.97 Å². The maximum Gasteiger partial charge on any atom is 0.335 e. The molecule has 88 valence electrons. The SMILES string of the molecule is CC(CCc1ccccc1C(=O)O)[C@@H](C)F. The summed E-state index contributed by atoms with van der Waals surface area (Å²) in [6.07, 6.45) is 0.428. The van der Waals surface area contributed by atoms with Gasteiger partial charge in [-0.25, -0.2) is 9.18 Å². The maximum atomic E-state index is 12.9. The number of hydrogen-bond acceptors (Lipinski definition) is 1. The Kier molecular flexibility index (Phi) is 4.47. The van der Waals surface area contributed by atoms with E-state index in [9.17, 15) is 9.18 Å². The Hall–Kier alpha value is -1.38. The number of halogens is 1. The average Bonchev–Trinajstić information content (AvgIpc) is 2.25. The quantitative estimate of drug-likeness (QED) is 0.833. The zero-order valence-corrected chi connectivity index (χ0v) is 9.61. The Balaban J connectivity index is 2.70. The van der Waals surface area contributed by atoms with Gasteiger partial charge in [0.1, 0.15) is 0 Å². The molecule has 1 unspecified atom stereocenters. The topological polar surface area (TPSA) is 37.3 Å². The lowest BCUT2D eigenvalue weighted by molar-refractivity contribution is 0.0695. The molecule has 2 nitrogen and oxygen atoms in total. The smallest absolute Gasteiger partial charge is 0.335 e. The molecule has 2 atom stereocenters. The van der Waals surface area contributed by atoms with Gasteiger partial charge in [-0.3, -0.25) is 0 Å². The fraction of sp³-hybridized carbons (Fsp3) is 0.462. The van der Waals surface area contributed by atoms with E-state index in [0.717, 1.165) is 5.56 Å². The number of carboxylic acid groups (broad SMARTS) is 1. The standard InChI is InChI=1S/C13H17FO2/c1-9(10(2)14)7-8-11-5-3-4-6-12(11)13(15)16/h3-6,9-10H,7-8H2,1-2H3,(H,15,16)/t9?,10-/m1/s1. The monoisotopic (exact) mass is 224 g/mol. The highest BCUT2D eigenvalue weighted by molar-refractivity contribution is 5.89. The van der Waals surface area contributed by atoms with Crippen molar-refractivity contribution in [3.8, 4) is 0 Å². The lowest BCUT2D eigenvalue weighted by Gasteiger charge is -2.13. The molecule has 0 radical (unpaired) electrons. The largest absolute Gasteiger partial charge is 0.478 e. The first kappa shape index (κ1) is 12.7. The van der Waals surface area contributed by atoms with Crippen LogP contribution in [-0.2, 0) is 6.42 Å². The summed E-state index contributed by atoms with van der Waals surface area (Å²) in [7, 11) is 0. The third-order valence-corrected chi connectivity index (χ3v) is 2.90. The summed E-state index contributed by atoms with van der Waals surface area (Å²) >= 11 is 0. The Bertz CT molecular complexity index is 361. The van der Waals surface area contributed by atoms with Crippen LogP contribution in [0.3, 0.4) is 0 Å². The van der Waals surface area contributed by atoms with E-state index in [1.807, 2.05) is 13.0 Å². The van der Waals surface area contributed by atoms with E-state index in [1.165, 1.54) is 6.92 Å². The molecule has 0 bridgehead atoms. The van der Waals surface area contributed by atoms with Gasteiger partial charge in [0.2, 0.25) is 0 Å². The van der Waals surface area contributed by atoms with Crippen LogP contribution in [0.4, 0.5) is 4.39 Å². The fourth-order valence-electron chi connectivity index (χ4n) is 1.56. The highest BCUT2D eigenvalue weighted by Crippen LogP contribution is 2.17. The molecule has 1 N–H and O–H groups in total. The van der Waals surface area contributed by atoms with Gasteiger partial charge in [0, 0.05) is 0 Å². The van der Waals surface area contributed by atoms with Gasteiger partial charge in [-0.2, -0.15) is 0 Å². The Morgan fingerprint density at radius 2 is 2.00 bits per heavy atom. The number of carboxylic acids is 1.